The van der Waals surface area contributed by atoms with Gasteiger partial charge in [-0.25, -0.2) is 4.39 Å². The smallest absolute Gasteiger partial charge is 0.312 e. The van der Waals surface area contributed by atoms with Gasteiger partial charge in [0.05, 0.1) is 23.5 Å². The Morgan fingerprint density at radius 3 is 2.12 bits per heavy atom. The molecule has 3 aliphatic rings. The molecule has 0 amide bonds. The van der Waals surface area contributed by atoms with Gasteiger partial charge in [-0.1, -0.05) is 27.7 Å². The van der Waals surface area contributed by atoms with Gasteiger partial charge < -0.3 is 23.7 Å². The van der Waals surface area contributed by atoms with Gasteiger partial charge >= 0.3 is 17.9 Å². The third-order valence-corrected chi connectivity index (χ3v) is 8.03. The van der Waals surface area contributed by atoms with E-state index in [0.29, 0.717) is 6.42 Å². The van der Waals surface area contributed by atoms with Crippen LogP contribution >= 0.6 is 0 Å². The first-order valence-corrected chi connectivity index (χ1v) is 12.2. The number of esters is 3. The summed E-state index contributed by atoms with van der Waals surface area (Å²) in [6.45, 7) is 14.7. The molecule has 11 atom stereocenters. The summed E-state index contributed by atoms with van der Waals surface area (Å²) in [6, 6.07) is 0. The molecule has 0 aromatic heterocycles. The van der Waals surface area contributed by atoms with Crippen LogP contribution in [0.2, 0.25) is 0 Å². The topological polar surface area (TPSA) is 97.4 Å². The summed E-state index contributed by atoms with van der Waals surface area (Å²) in [4.78, 5) is 37.2. The van der Waals surface area contributed by atoms with Crippen molar-refractivity contribution in [2.45, 2.75) is 117 Å². The van der Waals surface area contributed by atoms with Crippen molar-refractivity contribution in [1.29, 1.82) is 0 Å². The molecule has 1 spiro atoms. The third kappa shape index (κ3) is 4.23. The van der Waals surface area contributed by atoms with Crippen LogP contribution in [0.1, 0.15) is 75.2 Å². The van der Waals surface area contributed by atoms with Crippen LogP contribution < -0.4 is 0 Å². The first-order chi connectivity index (χ1) is 15.6. The summed E-state index contributed by atoms with van der Waals surface area (Å²) in [7, 11) is 0. The van der Waals surface area contributed by atoms with Crippen LogP contribution in [-0.2, 0) is 38.1 Å². The summed E-state index contributed by atoms with van der Waals surface area (Å²) in [5.41, 5.74) is -2.91. The minimum Gasteiger partial charge on any atom is -0.462 e. The van der Waals surface area contributed by atoms with Crippen molar-refractivity contribution in [2.75, 3.05) is 0 Å². The number of cyclic esters (lactones) is 1. The SMILES string of the molecule is CC[C@H]1OC(=O)[C@H](C)[C@@H](OC(C)=O)[C@H](C)[C@H]2O[C@@]3(O[C@]2(C)C[C@]3(C)F)[C@H](C)[C@@H](OC(C)=O)[C@H]1C. The van der Waals surface area contributed by atoms with Crippen molar-refractivity contribution in [3.63, 3.8) is 0 Å². The predicted octanol–water partition coefficient (Wildman–Crippen LogP) is 3.73. The standard InChI is InChI=1S/C25H39FO8/c1-10-18-12(2)20(31-17(7)28)15(5)25-24(9,26)11-23(8,34-25)21(33-25)13(3)19(30-16(6)27)14(4)22(29)32-18/h12-15,18-21H,10-11H2,1-9H3/t12-,13-,14+,15+,18+,19-,20-,21+,23+,24-,25+/m0/s1. The van der Waals surface area contributed by atoms with Gasteiger partial charge in [-0.05, 0) is 27.2 Å². The van der Waals surface area contributed by atoms with E-state index in [1.54, 1.807) is 34.6 Å². The molecule has 34 heavy (non-hydrogen) atoms. The molecule has 0 radical (unpaired) electrons. The lowest BCUT2D eigenvalue weighted by atomic mass is 9.72. The molecule has 0 unspecified atom stereocenters. The van der Waals surface area contributed by atoms with Gasteiger partial charge in [0.1, 0.15) is 18.3 Å². The van der Waals surface area contributed by atoms with Crippen LogP contribution in [-0.4, -0.2) is 59.4 Å². The number of hydrogen-bond donors (Lipinski definition) is 0. The largest absolute Gasteiger partial charge is 0.462 e. The predicted molar refractivity (Wildman–Crippen MR) is 119 cm³/mol. The van der Waals surface area contributed by atoms with Crippen LogP contribution in [0, 0.1) is 23.7 Å². The van der Waals surface area contributed by atoms with Crippen LogP contribution in [0.5, 0.6) is 0 Å². The minimum atomic E-state index is -1.87. The van der Waals surface area contributed by atoms with Crippen LogP contribution in [0.25, 0.3) is 0 Å². The molecular formula is C25H39FO8. The first kappa shape index (κ1) is 26.9. The monoisotopic (exact) mass is 486 g/mol. The number of ether oxygens (including phenoxy) is 5. The summed E-state index contributed by atoms with van der Waals surface area (Å²) < 4.78 is 46.3. The molecule has 9 heteroatoms. The van der Waals surface area contributed by atoms with E-state index in [4.69, 9.17) is 23.7 Å². The maximum atomic E-state index is 16.2. The fourth-order valence-electron chi connectivity index (χ4n) is 6.49. The number of halogens is 1. The molecule has 3 saturated heterocycles. The van der Waals surface area contributed by atoms with Gasteiger partial charge in [-0.2, -0.15) is 0 Å². The van der Waals surface area contributed by atoms with Gasteiger partial charge in [0.25, 0.3) is 0 Å². The second-order valence-corrected chi connectivity index (χ2v) is 10.8. The maximum Gasteiger partial charge on any atom is 0.312 e. The molecule has 0 aromatic carbocycles. The molecule has 8 nitrogen and oxygen atoms in total. The number of rotatable bonds is 3. The average molecular weight is 487 g/mol. The van der Waals surface area contributed by atoms with E-state index in [1.807, 2.05) is 6.92 Å². The van der Waals surface area contributed by atoms with E-state index in [0.717, 1.165) is 0 Å². The Bertz CT molecular complexity index is 830. The first-order valence-electron chi connectivity index (χ1n) is 12.2. The Morgan fingerprint density at radius 2 is 1.59 bits per heavy atom. The van der Waals surface area contributed by atoms with Crippen molar-refractivity contribution < 1.29 is 42.5 Å². The van der Waals surface area contributed by atoms with E-state index in [-0.39, 0.29) is 6.42 Å². The molecule has 0 aliphatic carbocycles. The number of carbonyl (C=O) groups is 3. The lowest BCUT2D eigenvalue weighted by Crippen LogP contribution is -2.61. The molecule has 0 N–H and O–H groups in total. The Hall–Kier alpha value is -1.74. The quantitative estimate of drug-likeness (QED) is 0.440. The van der Waals surface area contributed by atoms with Crippen LogP contribution in [0.15, 0.2) is 0 Å². The second kappa shape index (κ2) is 9.04. The summed E-state index contributed by atoms with van der Waals surface area (Å²) in [5.74, 6) is -5.79. The van der Waals surface area contributed by atoms with Crippen molar-refractivity contribution in [2.24, 2.45) is 23.7 Å². The highest BCUT2D eigenvalue weighted by molar-refractivity contribution is 5.74. The van der Waals surface area contributed by atoms with E-state index in [1.165, 1.54) is 20.8 Å². The Morgan fingerprint density at radius 1 is 1.03 bits per heavy atom. The second-order valence-electron chi connectivity index (χ2n) is 10.8. The number of alkyl halides is 1. The Labute approximate surface area is 201 Å². The highest BCUT2D eigenvalue weighted by Gasteiger charge is 2.76. The highest BCUT2D eigenvalue weighted by atomic mass is 19.1. The van der Waals surface area contributed by atoms with Gasteiger partial charge in [-0.3, -0.25) is 14.4 Å². The molecule has 0 aromatic rings. The molecule has 3 rings (SSSR count). The van der Waals surface area contributed by atoms with Crippen molar-refractivity contribution in [3.8, 4) is 0 Å². The normalized spacial score (nSPS) is 48.9. The van der Waals surface area contributed by atoms with E-state index < -0.39 is 83.1 Å². The molecule has 3 fully saturated rings. The molecule has 3 heterocycles. The van der Waals surface area contributed by atoms with E-state index in [9.17, 15) is 14.4 Å². The summed E-state index contributed by atoms with van der Waals surface area (Å²) in [6.07, 6.45) is -2.50. The molecule has 194 valence electrons. The third-order valence-electron chi connectivity index (χ3n) is 8.03. The van der Waals surface area contributed by atoms with Crippen LogP contribution in [0.3, 0.4) is 0 Å². The van der Waals surface area contributed by atoms with Crippen molar-refractivity contribution in [1.82, 2.24) is 0 Å². The van der Waals surface area contributed by atoms with Gasteiger partial charge in [-0.15, -0.1) is 0 Å². The zero-order chi connectivity index (χ0) is 25.8. The van der Waals surface area contributed by atoms with Crippen LogP contribution in [0.4, 0.5) is 4.39 Å². The Balaban J connectivity index is 2.17. The number of hydrogen-bond acceptors (Lipinski definition) is 8. The minimum absolute atomic E-state index is 0.0450. The molecule has 3 bridgehead atoms. The van der Waals surface area contributed by atoms with Gasteiger partial charge in [0, 0.05) is 32.1 Å². The van der Waals surface area contributed by atoms with Gasteiger partial charge in [0.15, 0.2) is 5.67 Å². The number of fused-ring (bicyclic) bond motifs is 3. The Kier molecular flexibility index (Phi) is 7.14. The van der Waals surface area contributed by atoms with Crippen molar-refractivity contribution in [3.05, 3.63) is 0 Å². The molecular weight excluding hydrogens is 447 g/mol. The van der Waals surface area contributed by atoms with Gasteiger partial charge in [0.2, 0.25) is 5.79 Å². The molecule has 3 aliphatic heterocycles. The average Bonchev–Trinajstić information content (AvgIpc) is 3.15. The lowest BCUT2D eigenvalue weighted by Gasteiger charge is -2.47. The highest BCUT2D eigenvalue weighted by Crippen LogP contribution is 2.62. The van der Waals surface area contributed by atoms with Crippen molar-refractivity contribution >= 4 is 17.9 Å². The zero-order valence-electron chi connectivity index (χ0n) is 21.7. The maximum absolute atomic E-state index is 16.2. The summed E-state index contributed by atoms with van der Waals surface area (Å²) in [5, 5.41) is 0. The zero-order valence-corrected chi connectivity index (χ0v) is 21.7. The number of carbonyl (C=O) groups excluding carboxylic acids is 3. The lowest BCUT2D eigenvalue weighted by molar-refractivity contribution is -0.282. The molecule has 0 saturated carbocycles. The van der Waals surface area contributed by atoms with E-state index in [2.05, 4.69) is 0 Å². The summed E-state index contributed by atoms with van der Waals surface area (Å²) >= 11 is 0. The van der Waals surface area contributed by atoms with E-state index >= 15 is 4.39 Å². The fraction of sp³-hybridized carbons (Fsp3) is 0.880. The fourth-order valence-corrected chi connectivity index (χ4v) is 6.49.